The van der Waals surface area contributed by atoms with Gasteiger partial charge in [-0.25, -0.2) is 0 Å². The van der Waals surface area contributed by atoms with Crippen LogP contribution >= 0.6 is 0 Å². The molecule has 0 atom stereocenters. The largest absolute Gasteiger partial charge is 0.500 e. The van der Waals surface area contributed by atoms with E-state index in [4.69, 9.17) is 14.0 Å². The Kier molecular flexibility index (Phi) is 4.99. The van der Waals surface area contributed by atoms with Crippen molar-refractivity contribution < 1.29 is 14.0 Å². The van der Waals surface area contributed by atoms with Crippen molar-refractivity contribution in [2.45, 2.75) is 45.4 Å². The maximum atomic E-state index is 6.13. The third kappa shape index (κ3) is 3.57. The van der Waals surface area contributed by atoms with E-state index in [1.165, 1.54) is 5.56 Å². The molecular formula is C20H27BN2O3. The van der Waals surface area contributed by atoms with Gasteiger partial charge in [0.05, 0.1) is 18.3 Å². The van der Waals surface area contributed by atoms with Gasteiger partial charge in [-0.15, -0.1) is 0 Å². The SMILES string of the molecule is COc1nc(N(C)Cc2ccccc2)ccc1B1OC(C)(C)C(C)(C)O1. The number of methoxy groups -OCH3 is 1. The molecule has 1 aliphatic heterocycles. The maximum absolute atomic E-state index is 6.13. The summed E-state index contributed by atoms with van der Waals surface area (Å²) >= 11 is 0. The minimum atomic E-state index is -0.490. The summed E-state index contributed by atoms with van der Waals surface area (Å²) in [5.41, 5.74) is 1.24. The van der Waals surface area contributed by atoms with Crippen molar-refractivity contribution in [2.75, 3.05) is 19.1 Å². The molecule has 1 aromatic carbocycles. The molecule has 0 radical (unpaired) electrons. The Morgan fingerprint density at radius 3 is 2.19 bits per heavy atom. The molecule has 6 heteroatoms. The van der Waals surface area contributed by atoms with Crippen molar-refractivity contribution in [3.05, 3.63) is 48.0 Å². The summed E-state index contributed by atoms with van der Waals surface area (Å²) in [7, 11) is 3.15. The van der Waals surface area contributed by atoms with Gasteiger partial charge in [0.2, 0.25) is 5.88 Å². The van der Waals surface area contributed by atoms with E-state index in [1.807, 2.05) is 65.1 Å². The smallest absolute Gasteiger partial charge is 0.481 e. The first-order valence-electron chi connectivity index (χ1n) is 8.89. The molecule has 1 aliphatic rings. The average Bonchev–Trinajstić information content (AvgIpc) is 2.82. The Labute approximate surface area is 156 Å². The summed E-state index contributed by atoms with van der Waals surface area (Å²) in [4.78, 5) is 6.76. The van der Waals surface area contributed by atoms with Gasteiger partial charge < -0.3 is 18.9 Å². The molecule has 1 fully saturated rings. The molecule has 5 nitrogen and oxygen atoms in total. The van der Waals surface area contributed by atoms with Crippen LogP contribution < -0.4 is 15.1 Å². The first-order valence-corrected chi connectivity index (χ1v) is 8.89. The number of pyridine rings is 1. The van der Waals surface area contributed by atoms with Gasteiger partial charge in [0.25, 0.3) is 0 Å². The molecule has 0 spiro atoms. The van der Waals surface area contributed by atoms with Crippen LogP contribution in [0.15, 0.2) is 42.5 Å². The fraction of sp³-hybridized carbons (Fsp3) is 0.450. The monoisotopic (exact) mass is 354 g/mol. The van der Waals surface area contributed by atoms with E-state index in [0.717, 1.165) is 17.8 Å². The van der Waals surface area contributed by atoms with Crippen molar-refractivity contribution in [1.82, 2.24) is 4.98 Å². The number of benzene rings is 1. The number of hydrogen-bond donors (Lipinski definition) is 0. The molecule has 0 aliphatic carbocycles. The molecule has 2 aromatic rings. The lowest BCUT2D eigenvalue weighted by atomic mass is 9.79. The Bertz CT molecular complexity index is 749. The summed E-state index contributed by atoms with van der Waals surface area (Å²) in [6.07, 6.45) is 0. The topological polar surface area (TPSA) is 43.8 Å². The van der Waals surface area contributed by atoms with Gasteiger partial charge in [0.1, 0.15) is 5.82 Å². The fourth-order valence-corrected chi connectivity index (χ4v) is 2.91. The zero-order valence-corrected chi connectivity index (χ0v) is 16.4. The third-order valence-corrected chi connectivity index (χ3v) is 5.23. The Balaban J connectivity index is 1.82. The molecule has 1 saturated heterocycles. The zero-order chi connectivity index (χ0) is 18.9. The van der Waals surface area contributed by atoms with Gasteiger partial charge >= 0.3 is 7.12 Å². The quantitative estimate of drug-likeness (QED) is 0.773. The molecule has 0 unspecified atom stereocenters. The van der Waals surface area contributed by atoms with Crippen LogP contribution in [0.1, 0.15) is 33.3 Å². The van der Waals surface area contributed by atoms with E-state index in [0.29, 0.717) is 5.88 Å². The van der Waals surface area contributed by atoms with Crippen LogP contribution in [-0.4, -0.2) is 37.5 Å². The summed E-state index contributed by atoms with van der Waals surface area (Å²) in [5.74, 6) is 1.37. The second-order valence-electron chi connectivity index (χ2n) is 7.70. The van der Waals surface area contributed by atoms with Crippen molar-refractivity contribution in [2.24, 2.45) is 0 Å². The van der Waals surface area contributed by atoms with Gasteiger partial charge in [-0.2, -0.15) is 4.98 Å². The summed E-state index contributed by atoms with van der Waals surface area (Å²) < 4.78 is 17.8. The number of anilines is 1. The Hall–Kier alpha value is -2.05. The van der Waals surface area contributed by atoms with E-state index in [9.17, 15) is 0 Å². The van der Waals surface area contributed by atoms with E-state index in [2.05, 4.69) is 22.0 Å². The molecule has 1 aromatic heterocycles. The highest BCUT2D eigenvalue weighted by Gasteiger charge is 2.52. The summed E-state index contributed by atoms with van der Waals surface area (Å²) in [6.45, 7) is 8.92. The normalized spacial score (nSPS) is 18.0. The minimum Gasteiger partial charge on any atom is -0.481 e. The lowest BCUT2D eigenvalue weighted by Gasteiger charge is -2.32. The van der Waals surface area contributed by atoms with Gasteiger partial charge in [0, 0.05) is 19.1 Å². The first kappa shape index (κ1) is 18.7. The van der Waals surface area contributed by atoms with Crippen LogP contribution in [0.4, 0.5) is 5.82 Å². The second kappa shape index (κ2) is 6.93. The lowest BCUT2D eigenvalue weighted by Crippen LogP contribution is -2.41. The van der Waals surface area contributed by atoms with Crippen molar-refractivity contribution >= 4 is 18.4 Å². The predicted molar refractivity (Wildman–Crippen MR) is 105 cm³/mol. The fourth-order valence-electron chi connectivity index (χ4n) is 2.91. The van der Waals surface area contributed by atoms with Crippen LogP contribution in [0, 0.1) is 0 Å². The summed E-state index contributed by atoms with van der Waals surface area (Å²) in [5, 5.41) is 0. The van der Waals surface area contributed by atoms with Gasteiger partial charge in [-0.05, 0) is 39.3 Å². The van der Waals surface area contributed by atoms with E-state index >= 15 is 0 Å². The number of nitrogens with zero attached hydrogens (tertiary/aromatic N) is 2. The van der Waals surface area contributed by atoms with E-state index in [-0.39, 0.29) is 0 Å². The Morgan fingerprint density at radius 1 is 1.00 bits per heavy atom. The van der Waals surface area contributed by atoms with Gasteiger partial charge in [-0.3, -0.25) is 0 Å². The van der Waals surface area contributed by atoms with Crippen LogP contribution in [0.3, 0.4) is 0 Å². The molecule has 0 bridgehead atoms. The molecule has 0 amide bonds. The molecule has 3 rings (SSSR count). The second-order valence-corrected chi connectivity index (χ2v) is 7.70. The first-order chi connectivity index (χ1) is 12.2. The minimum absolute atomic E-state index is 0.397. The number of ether oxygens (including phenoxy) is 1. The molecule has 138 valence electrons. The predicted octanol–water partition coefficient (Wildman–Crippen LogP) is 3.03. The number of aromatic nitrogens is 1. The average molecular weight is 354 g/mol. The molecular weight excluding hydrogens is 327 g/mol. The van der Waals surface area contributed by atoms with Crippen LogP contribution in [0.5, 0.6) is 5.88 Å². The highest BCUT2D eigenvalue weighted by atomic mass is 16.7. The molecule has 0 saturated carbocycles. The standard InChI is InChI=1S/C20H27BN2O3/c1-19(2)20(3,4)26-21(25-19)16-12-13-17(22-18(16)24-6)23(5)14-15-10-8-7-9-11-15/h7-13H,14H2,1-6H3. The molecule has 2 heterocycles. The Morgan fingerprint density at radius 2 is 1.62 bits per heavy atom. The van der Waals surface area contributed by atoms with Gasteiger partial charge in [0.15, 0.2) is 0 Å². The van der Waals surface area contributed by atoms with Crippen molar-refractivity contribution in [3.63, 3.8) is 0 Å². The van der Waals surface area contributed by atoms with Crippen LogP contribution in [0.25, 0.3) is 0 Å². The summed E-state index contributed by atoms with van der Waals surface area (Å²) in [6, 6.07) is 14.3. The highest BCUT2D eigenvalue weighted by molar-refractivity contribution is 6.63. The molecule has 26 heavy (non-hydrogen) atoms. The van der Waals surface area contributed by atoms with Gasteiger partial charge in [-0.1, -0.05) is 36.4 Å². The van der Waals surface area contributed by atoms with Crippen LogP contribution in [-0.2, 0) is 15.9 Å². The maximum Gasteiger partial charge on any atom is 0.500 e. The van der Waals surface area contributed by atoms with E-state index in [1.54, 1.807) is 7.11 Å². The highest BCUT2D eigenvalue weighted by Crippen LogP contribution is 2.37. The molecule has 0 N–H and O–H groups in total. The van der Waals surface area contributed by atoms with Crippen LogP contribution in [0.2, 0.25) is 0 Å². The van der Waals surface area contributed by atoms with Crippen molar-refractivity contribution in [1.29, 1.82) is 0 Å². The number of hydrogen-bond acceptors (Lipinski definition) is 5. The van der Waals surface area contributed by atoms with E-state index < -0.39 is 18.3 Å². The lowest BCUT2D eigenvalue weighted by molar-refractivity contribution is 0.00578. The third-order valence-electron chi connectivity index (χ3n) is 5.23. The number of rotatable bonds is 5. The van der Waals surface area contributed by atoms with Crippen molar-refractivity contribution in [3.8, 4) is 5.88 Å². The zero-order valence-electron chi connectivity index (χ0n) is 16.4.